The van der Waals surface area contributed by atoms with E-state index in [4.69, 9.17) is 14.2 Å². The van der Waals surface area contributed by atoms with Crippen molar-refractivity contribution in [2.24, 2.45) is 4.99 Å². The van der Waals surface area contributed by atoms with E-state index in [1.165, 1.54) is 6.33 Å². The lowest BCUT2D eigenvalue weighted by Gasteiger charge is -2.11. The van der Waals surface area contributed by atoms with Gasteiger partial charge in [0.1, 0.15) is 25.3 Å². The summed E-state index contributed by atoms with van der Waals surface area (Å²) < 4.78 is 16.6. The fourth-order valence-corrected chi connectivity index (χ4v) is 2.13. The first-order valence-electron chi connectivity index (χ1n) is 7.73. The van der Waals surface area contributed by atoms with E-state index in [-0.39, 0.29) is 0 Å². The van der Waals surface area contributed by atoms with Gasteiger partial charge in [-0.2, -0.15) is 10.1 Å². The lowest BCUT2D eigenvalue weighted by atomic mass is 10.2. The van der Waals surface area contributed by atoms with Crippen molar-refractivity contribution in [1.82, 2.24) is 15.2 Å². The van der Waals surface area contributed by atoms with Gasteiger partial charge >= 0.3 is 0 Å². The number of ether oxygens (including phenoxy) is 3. The van der Waals surface area contributed by atoms with E-state index in [2.05, 4.69) is 20.2 Å². The van der Waals surface area contributed by atoms with Gasteiger partial charge in [-0.1, -0.05) is 24.3 Å². The number of aromatic amines is 1. The SMILES string of the molecule is COc1ccccc1OCCOc1cccc(C=Nc2ncn[nH]2)c1. The molecule has 1 heterocycles. The highest BCUT2D eigenvalue weighted by Gasteiger charge is 2.02. The molecule has 0 bridgehead atoms. The molecule has 0 saturated carbocycles. The first kappa shape index (κ1) is 16.5. The summed E-state index contributed by atoms with van der Waals surface area (Å²) in [6, 6.07) is 15.1. The van der Waals surface area contributed by atoms with Gasteiger partial charge in [-0.15, -0.1) is 0 Å². The third-order valence-electron chi connectivity index (χ3n) is 3.28. The third-order valence-corrected chi connectivity index (χ3v) is 3.28. The Morgan fingerprint density at radius 2 is 1.88 bits per heavy atom. The van der Waals surface area contributed by atoms with Crippen molar-refractivity contribution in [1.29, 1.82) is 0 Å². The van der Waals surface area contributed by atoms with Gasteiger partial charge in [0.05, 0.1) is 7.11 Å². The van der Waals surface area contributed by atoms with Crippen molar-refractivity contribution in [3.63, 3.8) is 0 Å². The lowest BCUT2D eigenvalue weighted by molar-refractivity contribution is 0.211. The molecule has 3 aromatic rings. The van der Waals surface area contributed by atoms with Gasteiger partial charge in [-0.3, -0.25) is 0 Å². The number of aromatic nitrogens is 3. The second-order valence-electron chi connectivity index (χ2n) is 4.99. The highest BCUT2D eigenvalue weighted by Crippen LogP contribution is 2.25. The highest BCUT2D eigenvalue weighted by atomic mass is 16.5. The largest absolute Gasteiger partial charge is 0.493 e. The minimum absolute atomic E-state index is 0.413. The van der Waals surface area contributed by atoms with E-state index in [1.807, 2.05) is 48.5 Å². The molecule has 0 aliphatic heterocycles. The van der Waals surface area contributed by atoms with Crippen LogP contribution in [0.5, 0.6) is 17.2 Å². The van der Waals surface area contributed by atoms with Crippen molar-refractivity contribution in [2.45, 2.75) is 0 Å². The third kappa shape index (κ3) is 4.81. The van der Waals surface area contributed by atoms with E-state index < -0.39 is 0 Å². The molecular formula is C18H18N4O3. The number of H-pyrrole nitrogens is 1. The number of hydrogen-bond donors (Lipinski definition) is 1. The summed E-state index contributed by atoms with van der Waals surface area (Å²) in [5.74, 6) is 2.59. The fourth-order valence-electron chi connectivity index (χ4n) is 2.13. The maximum absolute atomic E-state index is 5.72. The number of methoxy groups -OCH3 is 1. The summed E-state index contributed by atoms with van der Waals surface area (Å²) in [5, 5.41) is 6.41. The Morgan fingerprint density at radius 3 is 2.68 bits per heavy atom. The molecule has 1 N–H and O–H groups in total. The Morgan fingerprint density at radius 1 is 1.04 bits per heavy atom. The summed E-state index contributed by atoms with van der Waals surface area (Å²) >= 11 is 0. The number of rotatable bonds is 8. The molecule has 0 saturated heterocycles. The van der Waals surface area contributed by atoms with Crippen molar-refractivity contribution >= 4 is 12.2 Å². The standard InChI is InChI=1S/C18H18N4O3/c1-23-16-7-2-3-8-17(16)25-10-9-24-15-6-4-5-14(11-15)12-19-18-20-13-21-22-18/h2-8,11-13H,9-10H2,1H3,(H,20,21,22). The van der Waals surface area contributed by atoms with Crippen molar-refractivity contribution in [3.8, 4) is 17.2 Å². The molecule has 0 aliphatic carbocycles. The Balaban J connectivity index is 1.51. The van der Waals surface area contributed by atoms with E-state index in [9.17, 15) is 0 Å². The van der Waals surface area contributed by atoms with Crippen LogP contribution >= 0.6 is 0 Å². The molecule has 0 amide bonds. The number of nitrogens with zero attached hydrogens (tertiary/aromatic N) is 3. The van der Waals surface area contributed by atoms with Gasteiger partial charge in [-0.05, 0) is 29.8 Å². The van der Waals surface area contributed by atoms with Crippen LogP contribution in [0.1, 0.15) is 5.56 Å². The van der Waals surface area contributed by atoms with E-state index in [0.29, 0.717) is 30.7 Å². The fraction of sp³-hybridized carbons (Fsp3) is 0.167. The monoisotopic (exact) mass is 338 g/mol. The van der Waals surface area contributed by atoms with Gasteiger partial charge in [0.2, 0.25) is 5.95 Å². The van der Waals surface area contributed by atoms with Crippen molar-refractivity contribution < 1.29 is 14.2 Å². The summed E-state index contributed by atoms with van der Waals surface area (Å²) in [6.45, 7) is 0.831. The first-order valence-corrected chi connectivity index (χ1v) is 7.73. The van der Waals surface area contributed by atoms with Crippen LogP contribution in [0.4, 0.5) is 5.95 Å². The Kier molecular flexibility index (Phi) is 5.60. The van der Waals surface area contributed by atoms with Gasteiger partial charge in [0.15, 0.2) is 11.5 Å². The van der Waals surface area contributed by atoms with Gasteiger partial charge in [-0.25, -0.2) is 10.1 Å². The van der Waals surface area contributed by atoms with E-state index in [0.717, 1.165) is 11.3 Å². The number of hydrogen-bond acceptors (Lipinski definition) is 6. The number of aliphatic imine (C=N–C) groups is 1. The van der Waals surface area contributed by atoms with Crippen molar-refractivity contribution in [2.75, 3.05) is 20.3 Å². The zero-order chi connectivity index (χ0) is 17.3. The zero-order valence-electron chi connectivity index (χ0n) is 13.8. The molecule has 128 valence electrons. The molecule has 3 rings (SSSR count). The number of para-hydroxylation sites is 2. The van der Waals surface area contributed by atoms with Crippen LogP contribution in [0.2, 0.25) is 0 Å². The first-order chi connectivity index (χ1) is 12.3. The normalized spacial score (nSPS) is 10.8. The Hall–Kier alpha value is -3.35. The Labute approximate surface area is 145 Å². The summed E-state index contributed by atoms with van der Waals surface area (Å²) in [5.41, 5.74) is 0.902. The Bertz CT molecular complexity index is 819. The minimum atomic E-state index is 0.413. The van der Waals surface area contributed by atoms with Crippen LogP contribution < -0.4 is 14.2 Å². The molecule has 7 heteroatoms. The van der Waals surface area contributed by atoms with Crippen LogP contribution in [-0.4, -0.2) is 41.7 Å². The highest BCUT2D eigenvalue weighted by molar-refractivity contribution is 5.81. The molecule has 0 aliphatic rings. The van der Waals surface area contributed by atoms with Crippen molar-refractivity contribution in [3.05, 3.63) is 60.4 Å². The average molecular weight is 338 g/mol. The van der Waals surface area contributed by atoms with Crippen LogP contribution in [0.15, 0.2) is 59.9 Å². The smallest absolute Gasteiger partial charge is 0.245 e. The lowest BCUT2D eigenvalue weighted by Crippen LogP contribution is -2.09. The predicted octanol–water partition coefficient (Wildman–Crippen LogP) is 3.02. The summed E-state index contributed by atoms with van der Waals surface area (Å²) in [4.78, 5) is 8.12. The summed E-state index contributed by atoms with van der Waals surface area (Å²) in [6.07, 6.45) is 3.10. The zero-order valence-corrected chi connectivity index (χ0v) is 13.8. The average Bonchev–Trinajstić information content (AvgIpc) is 3.18. The maximum atomic E-state index is 5.72. The van der Waals surface area contributed by atoms with Crippen LogP contribution in [0.3, 0.4) is 0 Å². The second kappa shape index (κ2) is 8.49. The van der Waals surface area contributed by atoms with E-state index in [1.54, 1.807) is 13.3 Å². The molecule has 0 unspecified atom stereocenters. The van der Waals surface area contributed by atoms with Crippen LogP contribution in [0, 0.1) is 0 Å². The quantitative estimate of drug-likeness (QED) is 0.504. The molecular weight excluding hydrogens is 320 g/mol. The number of nitrogens with one attached hydrogen (secondary N) is 1. The second-order valence-corrected chi connectivity index (χ2v) is 4.99. The van der Waals surface area contributed by atoms with Gasteiger partial charge in [0, 0.05) is 6.21 Å². The molecule has 0 atom stereocenters. The maximum Gasteiger partial charge on any atom is 0.245 e. The summed E-state index contributed by atoms with van der Waals surface area (Å²) in [7, 11) is 1.62. The number of benzene rings is 2. The molecule has 2 aromatic carbocycles. The van der Waals surface area contributed by atoms with Gasteiger partial charge in [0.25, 0.3) is 0 Å². The molecule has 0 spiro atoms. The van der Waals surface area contributed by atoms with Gasteiger partial charge < -0.3 is 14.2 Å². The molecule has 1 aromatic heterocycles. The molecule has 0 fully saturated rings. The molecule has 0 radical (unpaired) electrons. The molecule has 7 nitrogen and oxygen atoms in total. The van der Waals surface area contributed by atoms with E-state index >= 15 is 0 Å². The topological polar surface area (TPSA) is 81.6 Å². The van der Waals surface area contributed by atoms with Crippen LogP contribution in [0.25, 0.3) is 0 Å². The molecule has 25 heavy (non-hydrogen) atoms. The van der Waals surface area contributed by atoms with Crippen LogP contribution in [-0.2, 0) is 0 Å². The predicted molar refractivity (Wildman–Crippen MR) is 94.1 cm³/mol. The minimum Gasteiger partial charge on any atom is -0.493 e.